The summed E-state index contributed by atoms with van der Waals surface area (Å²) in [7, 11) is 1.94. The van der Waals surface area contributed by atoms with Gasteiger partial charge in [0.1, 0.15) is 0 Å². The van der Waals surface area contributed by atoms with Gasteiger partial charge < -0.3 is 10.1 Å². The smallest absolute Gasteiger partial charge is 0.0721 e. The predicted octanol–water partition coefficient (Wildman–Crippen LogP) is 2.43. The van der Waals surface area contributed by atoms with Gasteiger partial charge in [0.05, 0.1) is 12.7 Å². The van der Waals surface area contributed by atoms with Crippen LogP contribution in [0.5, 0.6) is 0 Å². The fraction of sp³-hybridized carbons (Fsp3) is 0.538. The van der Waals surface area contributed by atoms with Gasteiger partial charge in [0.15, 0.2) is 0 Å². The molecule has 1 aromatic carbocycles. The van der Waals surface area contributed by atoms with E-state index in [0.29, 0.717) is 6.61 Å². The Morgan fingerprint density at radius 1 is 1.20 bits per heavy atom. The summed E-state index contributed by atoms with van der Waals surface area (Å²) in [6.45, 7) is 7.91. The lowest BCUT2D eigenvalue weighted by Gasteiger charge is -2.13. The SMILES string of the molecule is CNCC(C)OCc1cc(C)cc(C)c1. The van der Waals surface area contributed by atoms with Crippen LogP contribution in [0.2, 0.25) is 0 Å². The molecule has 1 aromatic rings. The monoisotopic (exact) mass is 207 g/mol. The van der Waals surface area contributed by atoms with Crippen LogP contribution < -0.4 is 5.32 Å². The molecule has 0 aromatic heterocycles. The van der Waals surface area contributed by atoms with Crippen LogP contribution in [0.3, 0.4) is 0 Å². The summed E-state index contributed by atoms with van der Waals surface area (Å²) in [6.07, 6.45) is 0.260. The third kappa shape index (κ3) is 4.45. The highest BCUT2D eigenvalue weighted by atomic mass is 16.5. The van der Waals surface area contributed by atoms with Crippen LogP contribution >= 0.6 is 0 Å². The molecule has 0 spiro atoms. The summed E-state index contributed by atoms with van der Waals surface area (Å²) in [5, 5.41) is 3.10. The summed E-state index contributed by atoms with van der Waals surface area (Å²) in [4.78, 5) is 0. The van der Waals surface area contributed by atoms with Crippen molar-refractivity contribution in [3.05, 3.63) is 34.9 Å². The van der Waals surface area contributed by atoms with Gasteiger partial charge >= 0.3 is 0 Å². The van der Waals surface area contributed by atoms with Gasteiger partial charge in [0.25, 0.3) is 0 Å². The molecule has 0 heterocycles. The van der Waals surface area contributed by atoms with Crippen molar-refractivity contribution >= 4 is 0 Å². The highest BCUT2D eigenvalue weighted by Gasteiger charge is 2.01. The van der Waals surface area contributed by atoms with Crippen LogP contribution in [-0.4, -0.2) is 19.7 Å². The highest BCUT2D eigenvalue weighted by molar-refractivity contribution is 5.27. The molecule has 2 nitrogen and oxygen atoms in total. The molecule has 0 saturated carbocycles. The van der Waals surface area contributed by atoms with Gasteiger partial charge in [-0.3, -0.25) is 0 Å². The van der Waals surface area contributed by atoms with Gasteiger partial charge in [-0.2, -0.15) is 0 Å². The van der Waals surface area contributed by atoms with E-state index in [0.717, 1.165) is 6.54 Å². The normalized spacial score (nSPS) is 12.8. The van der Waals surface area contributed by atoms with Gasteiger partial charge in [0, 0.05) is 6.54 Å². The second kappa shape index (κ2) is 5.89. The molecule has 0 amide bonds. The topological polar surface area (TPSA) is 21.3 Å². The minimum atomic E-state index is 0.260. The summed E-state index contributed by atoms with van der Waals surface area (Å²) < 4.78 is 5.72. The van der Waals surface area contributed by atoms with E-state index in [1.54, 1.807) is 0 Å². The first-order chi connectivity index (χ1) is 7.11. The Hall–Kier alpha value is -0.860. The molecule has 15 heavy (non-hydrogen) atoms. The Morgan fingerprint density at radius 2 is 1.80 bits per heavy atom. The van der Waals surface area contributed by atoms with Crippen LogP contribution in [0.1, 0.15) is 23.6 Å². The quantitative estimate of drug-likeness (QED) is 0.800. The van der Waals surface area contributed by atoms with E-state index in [1.165, 1.54) is 16.7 Å². The third-order valence-corrected chi connectivity index (χ3v) is 2.31. The Labute approximate surface area is 92.6 Å². The van der Waals surface area contributed by atoms with Gasteiger partial charge in [-0.1, -0.05) is 29.3 Å². The molecule has 0 radical (unpaired) electrons. The number of nitrogens with one attached hydrogen (secondary N) is 1. The highest BCUT2D eigenvalue weighted by Crippen LogP contribution is 2.10. The van der Waals surface area contributed by atoms with E-state index in [-0.39, 0.29) is 6.10 Å². The first-order valence-electron chi connectivity index (χ1n) is 5.45. The average molecular weight is 207 g/mol. The van der Waals surface area contributed by atoms with Crippen molar-refractivity contribution in [2.45, 2.75) is 33.5 Å². The Kier molecular flexibility index (Phi) is 4.79. The zero-order valence-electron chi connectivity index (χ0n) is 10.1. The van der Waals surface area contributed by atoms with Crippen LogP contribution in [0.4, 0.5) is 0 Å². The van der Waals surface area contributed by atoms with Crippen LogP contribution in [0, 0.1) is 13.8 Å². The number of rotatable bonds is 5. The second-order valence-corrected chi connectivity index (χ2v) is 4.18. The van der Waals surface area contributed by atoms with Crippen molar-refractivity contribution < 1.29 is 4.74 Å². The van der Waals surface area contributed by atoms with Crippen molar-refractivity contribution in [2.24, 2.45) is 0 Å². The number of hydrogen-bond acceptors (Lipinski definition) is 2. The molecule has 2 heteroatoms. The van der Waals surface area contributed by atoms with Crippen molar-refractivity contribution in [1.82, 2.24) is 5.32 Å². The second-order valence-electron chi connectivity index (χ2n) is 4.18. The Morgan fingerprint density at radius 3 is 2.33 bits per heavy atom. The zero-order valence-corrected chi connectivity index (χ0v) is 10.1. The van der Waals surface area contributed by atoms with Gasteiger partial charge in [-0.25, -0.2) is 0 Å². The lowest BCUT2D eigenvalue weighted by atomic mass is 10.1. The standard InChI is InChI=1S/C13H21NO/c1-10-5-11(2)7-13(6-10)9-15-12(3)8-14-4/h5-7,12,14H,8-9H2,1-4H3. The third-order valence-electron chi connectivity index (χ3n) is 2.31. The molecular formula is C13H21NO. The minimum absolute atomic E-state index is 0.260. The Balaban J connectivity index is 2.50. The van der Waals surface area contributed by atoms with E-state index in [2.05, 4.69) is 44.3 Å². The number of aryl methyl sites for hydroxylation is 2. The van der Waals surface area contributed by atoms with E-state index >= 15 is 0 Å². The first-order valence-corrected chi connectivity index (χ1v) is 5.45. The van der Waals surface area contributed by atoms with E-state index in [1.807, 2.05) is 7.05 Å². The lowest BCUT2D eigenvalue weighted by molar-refractivity contribution is 0.0544. The largest absolute Gasteiger partial charge is 0.373 e. The van der Waals surface area contributed by atoms with Crippen LogP contribution in [0.25, 0.3) is 0 Å². The van der Waals surface area contributed by atoms with E-state index < -0.39 is 0 Å². The maximum absolute atomic E-state index is 5.72. The van der Waals surface area contributed by atoms with Crippen molar-refractivity contribution in [3.63, 3.8) is 0 Å². The molecule has 1 N–H and O–H groups in total. The number of benzene rings is 1. The molecule has 1 unspecified atom stereocenters. The molecule has 0 saturated heterocycles. The van der Waals surface area contributed by atoms with E-state index in [4.69, 9.17) is 4.74 Å². The summed E-state index contributed by atoms with van der Waals surface area (Å²) >= 11 is 0. The van der Waals surface area contributed by atoms with Gasteiger partial charge in [-0.05, 0) is 33.4 Å². The number of likely N-dealkylation sites (N-methyl/N-ethyl adjacent to an activating group) is 1. The van der Waals surface area contributed by atoms with Crippen molar-refractivity contribution in [1.29, 1.82) is 0 Å². The molecular weight excluding hydrogens is 186 g/mol. The first kappa shape index (κ1) is 12.2. The molecule has 0 aliphatic rings. The predicted molar refractivity (Wildman–Crippen MR) is 64.1 cm³/mol. The zero-order chi connectivity index (χ0) is 11.3. The molecule has 0 aliphatic carbocycles. The van der Waals surface area contributed by atoms with Crippen molar-refractivity contribution in [2.75, 3.05) is 13.6 Å². The number of hydrogen-bond donors (Lipinski definition) is 1. The van der Waals surface area contributed by atoms with Crippen molar-refractivity contribution in [3.8, 4) is 0 Å². The Bertz CT molecular complexity index is 289. The molecule has 0 aliphatic heterocycles. The fourth-order valence-electron chi connectivity index (χ4n) is 1.74. The summed E-state index contributed by atoms with van der Waals surface area (Å²) in [5.74, 6) is 0. The molecule has 1 rings (SSSR count). The molecule has 0 bridgehead atoms. The summed E-state index contributed by atoms with van der Waals surface area (Å²) in [6, 6.07) is 6.54. The van der Waals surface area contributed by atoms with Crippen LogP contribution in [0.15, 0.2) is 18.2 Å². The maximum atomic E-state index is 5.72. The number of ether oxygens (including phenoxy) is 1. The maximum Gasteiger partial charge on any atom is 0.0721 e. The fourth-order valence-corrected chi connectivity index (χ4v) is 1.74. The molecule has 1 atom stereocenters. The lowest BCUT2D eigenvalue weighted by Crippen LogP contribution is -2.23. The minimum Gasteiger partial charge on any atom is -0.373 e. The molecule has 0 fully saturated rings. The van der Waals surface area contributed by atoms with Crippen LogP contribution in [-0.2, 0) is 11.3 Å². The van der Waals surface area contributed by atoms with Gasteiger partial charge in [0.2, 0.25) is 0 Å². The van der Waals surface area contributed by atoms with E-state index in [9.17, 15) is 0 Å². The average Bonchev–Trinajstić information content (AvgIpc) is 2.14. The molecule has 84 valence electrons. The van der Waals surface area contributed by atoms with Gasteiger partial charge in [-0.15, -0.1) is 0 Å². The summed E-state index contributed by atoms with van der Waals surface area (Å²) in [5.41, 5.74) is 3.86.